The number of hydrogen-bond acceptors (Lipinski definition) is 18. The van der Waals surface area contributed by atoms with Crippen molar-refractivity contribution in [2.75, 3.05) is 21.3 Å². The average Bonchev–Trinajstić information content (AvgIpc) is 1.56. The van der Waals surface area contributed by atoms with Gasteiger partial charge >= 0.3 is 0 Å². The van der Waals surface area contributed by atoms with Gasteiger partial charge in [0.25, 0.3) is 11.4 Å². The van der Waals surface area contributed by atoms with Gasteiger partial charge in [-0.05, 0) is 254 Å². The Balaban J connectivity index is 0.000000120. The third-order valence-corrected chi connectivity index (χ3v) is 35.3. The number of non-ortho nitro benzene ring substituents is 2. The maximum Gasteiger partial charge on any atom is 0.269 e. The molecule has 4 aliphatic heterocycles. The summed E-state index contributed by atoms with van der Waals surface area (Å²) in [6, 6.07) is 51.4. The van der Waals surface area contributed by atoms with Gasteiger partial charge in [0.2, 0.25) is 0 Å². The molecular weight excluding hydrogens is 1850 g/mol. The number of nitro benzene ring substituents is 2. The molecule has 14 aliphatic rings. The summed E-state index contributed by atoms with van der Waals surface area (Å²) in [5, 5.41) is 94.1. The third-order valence-electron chi connectivity index (χ3n) is 35.3. The molecule has 10 aliphatic carbocycles. The molecule has 9 aromatic rings. The van der Waals surface area contributed by atoms with Gasteiger partial charge in [-0.15, -0.1) is 0 Å². The fourth-order valence-corrected chi connectivity index (χ4v) is 27.5. The molecule has 6 heterocycles. The molecule has 760 valence electrons. The van der Waals surface area contributed by atoms with Crippen molar-refractivity contribution in [3.8, 4) is 0 Å². The molecule has 0 radical (unpaired) electrons. The monoisotopic (exact) mass is 1980 g/mol. The molecule has 2 aromatic heterocycles. The SMILES string of the molecule is CC(C1=Cc2ccccc2C12CCCCC2)=C1C(=O)C(/C(C)=C2/Nc3ccccc3C23CCCCC3)=C1[O-].CC/C(C1=C([O-])C(=C(C)C2=Cc3ccc4ccccc4c3C2(C)C)C1=O)=C1\Nc2ccccc2C1(C)C.CCC(C1=Cc2ccc([N+](=O)[O-])cc2C1(C)C)=C1C(=O)C(/C(CC)=C2/Nc3ccc([N+](=O)[O-])cc3C2(C)C)=C1[O-].CCC(C1=Cc2ccncc2C1(C)C)=C1C(=O)C(/C(CC)=C2/Nc3ccncc3C2(C)C)=C1[O-]. The van der Waals surface area contributed by atoms with Crippen LogP contribution in [0.25, 0.3) is 35.1 Å². The second-order valence-corrected chi connectivity index (χ2v) is 45.3. The third kappa shape index (κ3) is 15.4. The minimum absolute atomic E-state index is 0.00388. The number of anilines is 4. The molecule has 23 rings (SSSR count). The van der Waals surface area contributed by atoms with E-state index in [0.717, 1.165) is 149 Å². The number of para-hydroxylation sites is 2. The van der Waals surface area contributed by atoms with E-state index in [1.807, 2.05) is 126 Å². The minimum Gasteiger partial charge on any atom is -0.871 e. The number of Topliss-reactive ketones (excluding diaryl/α,β-unsaturated/α-hetero) is 4. The van der Waals surface area contributed by atoms with E-state index in [-0.39, 0.29) is 101 Å². The largest absolute Gasteiger partial charge is 0.871 e. The topological polar surface area (TPSA) is 321 Å². The van der Waals surface area contributed by atoms with Crippen molar-refractivity contribution in [2.45, 2.75) is 278 Å². The summed E-state index contributed by atoms with van der Waals surface area (Å²) in [5.74, 6) is -1.29. The summed E-state index contributed by atoms with van der Waals surface area (Å²) < 4.78 is 0. The van der Waals surface area contributed by atoms with Gasteiger partial charge in [-0.25, -0.2) is 0 Å². The van der Waals surface area contributed by atoms with Crippen LogP contribution >= 0.6 is 0 Å². The Bertz CT molecular complexity index is 8050. The number of aromatic nitrogens is 2. The molecule has 4 N–H and O–H groups in total. The fourth-order valence-electron chi connectivity index (χ4n) is 27.5. The Morgan fingerprint density at radius 2 is 0.705 bits per heavy atom. The van der Waals surface area contributed by atoms with E-state index in [1.54, 1.807) is 30.6 Å². The molecule has 0 atom stereocenters. The second-order valence-electron chi connectivity index (χ2n) is 45.3. The quantitative estimate of drug-likeness (QED) is 0.0421. The normalized spacial score (nSPS) is 22.6. The van der Waals surface area contributed by atoms with E-state index in [4.69, 9.17) is 0 Å². The Morgan fingerprint density at radius 3 is 1.22 bits per heavy atom. The van der Waals surface area contributed by atoms with Crippen molar-refractivity contribution in [1.82, 2.24) is 9.97 Å². The first-order valence-electron chi connectivity index (χ1n) is 52.9. The number of carbonyl (C=O) groups excluding carboxylic acids is 4. The molecule has 0 saturated heterocycles. The van der Waals surface area contributed by atoms with Gasteiger partial charge in [-0.1, -0.05) is 301 Å². The molecular formula is C129H128N8O12-4. The van der Waals surface area contributed by atoms with Crippen molar-refractivity contribution in [3.05, 3.63) is 427 Å². The Labute approximate surface area is 872 Å². The molecule has 2 spiro atoms. The van der Waals surface area contributed by atoms with E-state index in [1.165, 1.54) is 101 Å². The standard InChI is InChI=1S/C35H37NO2.C34H33NO2.C31H31N3O6.C29H31N3O2/c1-22(27-21-24-13-5-6-14-25(24)34(27)17-9-3-10-18-34)29-31(37)30(32(29)38)23(2)33-35(19-11-4-12-20-35)26-15-7-8-16-28(26)36-33;1-7-22(32-34(5,6)24-14-10-11-15-26(24)35-32)28-30(36)27(31(28)37)19(2)25-18-21-17-16-20-12-8-9-13-23(20)29(21)33(25,3)4;1-7-19(22-13-16-9-10-17(33(37)38)14-21(16)30(22,3)4)25-27(35)26(28(25)36)20(8-2)29-31(5,6)23-15-18(34(39)40)11-12-24(23)32-29;1-7-17(19-13-16-9-11-30-14-20(16)28(19,3)4)23-25(33)24(26(23)34)18(8-2)27-29(5,6)21-15-31-12-10-22(21)32-27/h5-8,13-16,21,36-37H,3-4,9-12,17-20H2,1-2H3;8-18,35-36H,7H2,1-6H3;9-15,32,35H,7-8H2,1-6H3;9-15,32-33H,7-8H2,1-6H3/p-4/b29-22?,33-23+;27-19?,32-22+;25-19?,29-20+;23-17?,27-18+. The summed E-state index contributed by atoms with van der Waals surface area (Å²) in [5.41, 5.74) is 30.8. The lowest BCUT2D eigenvalue weighted by atomic mass is 9.64. The minimum atomic E-state index is -0.681. The number of nitro groups is 2. The van der Waals surface area contributed by atoms with E-state index in [0.29, 0.717) is 88.1 Å². The van der Waals surface area contributed by atoms with Crippen LogP contribution in [-0.2, 0) is 62.5 Å². The average molecular weight is 1980 g/mol. The maximum atomic E-state index is 13.9. The number of benzene rings is 7. The van der Waals surface area contributed by atoms with Crippen LogP contribution in [-0.4, -0.2) is 42.9 Å². The zero-order valence-corrected chi connectivity index (χ0v) is 88.9. The molecule has 20 heteroatoms. The van der Waals surface area contributed by atoms with E-state index < -0.39 is 20.7 Å². The number of rotatable bonds is 15. The number of carbonyl (C=O) groups is 4. The first kappa shape index (κ1) is 101. The summed E-state index contributed by atoms with van der Waals surface area (Å²) in [7, 11) is 0. The number of hydrogen-bond donors (Lipinski definition) is 4. The summed E-state index contributed by atoms with van der Waals surface area (Å²) in [4.78, 5) is 85.4. The maximum absolute atomic E-state index is 13.9. The Kier molecular flexibility index (Phi) is 25.1. The summed E-state index contributed by atoms with van der Waals surface area (Å²) in [6.07, 6.45) is 30.0. The zero-order chi connectivity index (χ0) is 106. The highest BCUT2D eigenvalue weighted by Gasteiger charge is 2.53. The van der Waals surface area contributed by atoms with Crippen LogP contribution in [0.5, 0.6) is 0 Å². The molecule has 0 bridgehead atoms. The lowest BCUT2D eigenvalue weighted by Gasteiger charge is -2.41. The Morgan fingerprint density at radius 1 is 0.322 bits per heavy atom. The van der Waals surface area contributed by atoms with Crippen molar-refractivity contribution in [2.24, 2.45) is 0 Å². The van der Waals surface area contributed by atoms with Crippen molar-refractivity contribution < 1.29 is 49.5 Å². The molecule has 7 aromatic carbocycles. The fraction of sp³-hybridized carbons (Fsp3) is 0.333. The van der Waals surface area contributed by atoms with Crippen molar-refractivity contribution >= 4 is 92.3 Å². The van der Waals surface area contributed by atoms with Crippen LogP contribution in [0.1, 0.15) is 302 Å². The summed E-state index contributed by atoms with van der Waals surface area (Å²) in [6.45, 7) is 40.7. The highest BCUT2D eigenvalue weighted by atomic mass is 16.6. The van der Waals surface area contributed by atoms with Gasteiger partial charge in [0.1, 0.15) is 0 Å². The van der Waals surface area contributed by atoms with Gasteiger partial charge < -0.3 is 41.7 Å². The van der Waals surface area contributed by atoms with Gasteiger partial charge in [-0.2, -0.15) is 0 Å². The lowest BCUT2D eigenvalue weighted by molar-refractivity contribution is -0.385. The van der Waals surface area contributed by atoms with Crippen molar-refractivity contribution in [1.29, 1.82) is 0 Å². The molecule has 0 amide bonds. The number of allylic oxidation sites excluding steroid dienone is 24. The van der Waals surface area contributed by atoms with Gasteiger partial charge in [0.15, 0.2) is 23.1 Å². The molecule has 2 saturated carbocycles. The summed E-state index contributed by atoms with van der Waals surface area (Å²) >= 11 is 0. The number of nitrogens with zero attached hydrogens (tertiary/aromatic N) is 4. The number of nitrogens with one attached hydrogen (secondary N) is 4. The predicted molar refractivity (Wildman–Crippen MR) is 585 cm³/mol. The number of ketones is 4. The van der Waals surface area contributed by atoms with Gasteiger partial charge in [0.05, 0.1) is 9.85 Å². The second kappa shape index (κ2) is 37.0. The van der Waals surface area contributed by atoms with E-state index >= 15 is 0 Å². The first-order chi connectivity index (χ1) is 71.0. The van der Waals surface area contributed by atoms with E-state index in [9.17, 15) is 59.8 Å². The first-order valence-corrected chi connectivity index (χ1v) is 52.9. The smallest absolute Gasteiger partial charge is 0.269 e. The van der Waals surface area contributed by atoms with Crippen LogP contribution in [0.3, 0.4) is 0 Å². The predicted octanol–water partition coefficient (Wildman–Crippen LogP) is 25.8. The van der Waals surface area contributed by atoms with Crippen LogP contribution < -0.4 is 41.7 Å². The van der Waals surface area contributed by atoms with Crippen LogP contribution in [0, 0.1) is 20.2 Å². The number of pyridine rings is 2. The van der Waals surface area contributed by atoms with Crippen LogP contribution in [0.4, 0.5) is 34.1 Å². The highest BCUT2D eigenvalue weighted by Crippen LogP contribution is 2.62. The zero-order valence-electron chi connectivity index (χ0n) is 88.9. The van der Waals surface area contributed by atoms with Crippen LogP contribution in [0.15, 0.2) is 340 Å². The van der Waals surface area contributed by atoms with Crippen molar-refractivity contribution in [3.63, 3.8) is 0 Å². The lowest BCUT2D eigenvalue weighted by Crippen LogP contribution is -2.37. The Hall–Kier alpha value is -15.2. The molecule has 0 unspecified atom stereocenters. The molecule has 20 nitrogen and oxygen atoms in total. The highest BCUT2D eigenvalue weighted by molar-refractivity contribution is 6.25. The van der Waals surface area contributed by atoms with Gasteiger partial charge in [-0.3, -0.25) is 49.4 Å². The number of fused-ring (bicyclic) bond motifs is 12. The van der Waals surface area contributed by atoms with Crippen LogP contribution in [0.2, 0.25) is 0 Å². The molecule has 149 heavy (non-hydrogen) atoms. The molecule has 2 fully saturated rings. The van der Waals surface area contributed by atoms with Gasteiger partial charge in [0, 0.05) is 188 Å². The van der Waals surface area contributed by atoms with E-state index in [2.05, 4.69) is 202 Å².